The highest BCUT2D eigenvalue weighted by molar-refractivity contribution is 5.89. The summed E-state index contributed by atoms with van der Waals surface area (Å²) in [5.74, 6) is 0. The Bertz CT molecular complexity index is 695. The molecule has 2 aromatic carbocycles. The van der Waals surface area contributed by atoms with Crippen LogP contribution in [0.15, 0.2) is 30.3 Å². The maximum Gasteiger partial charge on any atom is 0.0850 e. The number of fused-ring (bicyclic) bond motifs is 1. The van der Waals surface area contributed by atoms with E-state index >= 15 is 0 Å². The van der Waals surface area contributed by atoms with Crippen LogP contribution in [0.1, 0.15) is 58.2 Å². The Morgan fingerprint density at radius 2 is 1.18 bits per heavy atom. The molecule has 22 heavy (non-hydrogen) atoms. The van der Waals surface area contributed by atoms with E-state index < -0.39 is 16.8 Å². The van der Waals surface area contributed by atoms with Crippen LogP contribution in [0.5, 0.6) is 0 Å². The molecule has 0 aliphatic rings. The Hall–Kier alpha value is -1.42. The van der Waals surface area contributed by atoms with Gasteiger partial charge in [-0.15, -0.1) is 0 Å². The Balaban J connectivity index is 3.09. The molecule has 0 spiro atoms. The quantitative estimate of drug-likeness (QED) is 0.813. The molecule has 120 valence electrons. The van der Waals surface area contributed by atoms with Gasteiger partial charge in [-0.1, -0.05) is 24.3 Å². The molecule has 0 unspecified atom stereocenters. The molecule has 0 amide bonds. The van der Waals surface area contributed by atoms with Gasteiger partial charge in [0, 0.05) is 0 Å². The molecule has 0 aromatic heterocycles. The first-order valence-electron chi connectivity index (χ1n) is 7.58. The van der Waals surface area contributed by atoms with Crippen molar-refractivity contribution >= 4 is 10.8 Å². The standard InChI is InChI=1S/C19H26O3/c1-17(2,20)14-11-12-9-7-8-10-13(12)15(18(3,4)21)16(14)19(5,6)22/h7-11,20-22H,1-6H3. The van der Waals surface area contributed by atoms with Crippen molar-refractivity contribution in [2.45, 2.75) is 58.3 Å². The van der Waals surface area contributed by atoms with Crippen molar-refractivity contribution in [3.8, 4) is 0 Å². The summed E-state index contributed by atoms with van der Waals surface area (Å²) in [4.78, 5) is 0. The van der Waals surface area contributed by atoms with Crippen LogP contribution in [0.3, 0.4) is 0 Å². The lowest BCUT2D eigenvalue weighted by Crippen LogP contribution is -2.31. The van der Waals surface area contributed by atoms with E-state index in [2.05, 4.69) is 0 Å². The minimum absolute atomic E-state index is 0.589. The van der Waals surface area contributed by atoms with Gasteiger partial charge in [0.2, 0.25) is 0 Å². The summed E-state index contributed by atoms with van der Waals surface area (Å²) in [6.45, 7) is 10.2. The van der Waals surface area contributed by atoms with Gasteiger partial charge in [0.1, 0.15) is 0 Å². The van der Waals surface area contributed by atoms with Crippen molar-refractivity contribution in [2.24, 2.45) is 0 Å². The van der Waals surface area contributed by atoms with Gasteiger partial charge in [-0.05, 0) is 75.1 Å². The molecular weight excluding hydrogens is 276 g/mol. The molecule has 0 heterocycles. The molecule has 3 heteroatoms. The van der Waals surface area contributed by atoms with Gasteiger partial charge in [-0.2, -0.15) is 0 Å². The summed E-state index contributed by atoms with van der Waals surface area (Å²) >= 11 is 0. The van der Waals surface area contributed by atoms with Gasteiger partial charge in [0.25, 0.3) is 0 Å². The lowest BCUT2D eigenvalue weighted by Gasteiger charge is -2.35. The van der Waals surface area contributed by atoms with Crippen molar-refractivity contribution in [2.75, 3.05) is 0 Å². The van der Waals surface area contributed by atoms with E-state index in [0.29, 0.717) is 16.7 Å². The topological polar surface area (TPSA) is 60.7 Å². The third-order valence-electron chi connectivity index (χ3n) is 3.93. The highest BCUT2D eigenvalue weighted by Gasteiger charge is 2.36. The first-order valence-corrected chi connectivity index (χ1v) is 7.58. The van der Waals surface area contributed by atoms with Gasteiger partial charge in [0.05, 0.1) is 16.8 Å². The molecule has 0 bridgehead atoms. The lowest BCUT2D eigenvalue weighted by molar-refractivity contribution is 0.0394. The van der Waals surface area contributed by atoms with E-state index in [-0.39, 0.29) is 0 Å². The van der Waals surface area contributed by atoms with Gasteiger partial charge in [-0.3, -0.25) is 0 Å². The van der Waals surface area contributed by atoms with Gasteiger partial charge in [-0.25, -0.2) is 0 Å². The van der Waals surface area contributed by atoms with Crippen LogP contribution in [0.4, 0.5) is 0 Å². The minimum Gasteiger partial charge on any atom is -0.386 e. The lowest BCUT2D eigenvalue weighted by atomic mass is 9.76. The summed E-state index contributed by atoms with van der Waals surface area (Å²) in [6, 6.07) is 9.63. The first-order chi connectivity index (χ1) is 9.83. The summed E-state index contributed by atoms with van der Waals surface area (Å²) in [5, 5.41) is 33.9. The van der Waals surface area contributed by atoms with Crippen LogP contribution >= 0.6 is 0 Å². The Morgan fingerprint density at radius 3 is 1.64 bits per heavy atom. The van der Waals surface area contributed by atoms with E-state index in [1.807, 2.05) is 30.3 Å². The van der Waals surface area contributed by atoms with Gasteiger partial charge >= 0.3 is 0 Å². The summed E-state index contributed by atoms with van der Waals surface area (Å²) in [7, 11) is 0. The van der Waals surface area contributed by atoms with Crippen molar-refractivity contribution < 1.29 is 15.3 Å². The van der Waals surface area contributed by atoms with Crippen LogP contribution in [0.2, 0.25) is 0 Å². The van der Waals surface area contributed by atoms with Crippen LogP contribution in [-0.2, 0) is 16.8 Å². The fourth-order valence-electron chi connectivity index (χ4n) is 3.10. The number of rotatable bonds is 3. The Morgan fingerprint density at radius 1 is 0.682 bits per heavy atom. The number of aliphatic hydroxyl groups is 3. The highest BCUT2D eigenvalue weighted by atomic mass is 16.3. The number of benzene rings is 2. The monoisotopic (exact) mass is 302 g/mol. The summed E-state index contributed by atoms with van der Waals surface area (Å²) < 4.78 is 0. The van der Waals surface area contributed by atoms with Crippen LogP contribution in [0, 0.1) is 0 Å². The molecule has 2 rings (SSSR count). The molecule has 0 aliphatic heterocycles. The predicted molar refractivity (Wildman–Crippen MR) is 89.7 cm³/mol. The molecule has 0 aliphatic carbocycles. The normalized spacial score (nSPS) is 13.7. The fraction of sp³-hybridized carbons (Fsp3) is 0.474. The highest BCUT2D eigenvalue weighted by Crippen LogP contribution is 2.42. The van der Waals surface area contributed by atoms with Crippen molar-refractivity contribution in [3.05, 3.63) is 47.0 Å². The summed E-state index contributed by atoms with van der Waals surface area (Å²) in [6.07, 6.45) is 0. The van der Waals surface area contributed by atoms with E-state index in [1.165, 1.54) is 0 Å². The third kappa shape index (κ3) is 3.02. The molecule has 0 saturated carbocycles. The maximum absolute atomic E-state index is 10.7. The average molecular weight is 302 g/mol. The molecule has 0 atom stereocenters. The second-order valence-corrected chi connectivity index (χ2v) is 7.57. The largest absolute Gasteiger partial charge is 0.386 e. The third-order valence-corrected chi connectivity index (χ3v) is 3.93. The molecule has 3 nitrogen and oxygen atoms in total. The zero-order chi connectivity index (χ0) is 16.9. The molecular formula is C19H26O3. The number of hydrogen-bond donors (Lipinski definition) is 3. The maximum atomic E-state index is 10.7. The van der Waals surface area contributed by atoms with E-state index in [1.54, 1.807) is 41.5 Å². The average Bonchev–Trinajstić information content (AvgIpc) is 2.33. The molecule has 0 saturated heterocycles. The predicted octanol–water partition coefficient (Wildman–Crippen LogP) is 3.52. The minimum atomic E-state index is -1.19. The smallest absolute Gasteiger partial charge is 0.0850 e. The van der Waals surface area contributed by atoms with Crippen molar-refractivity contribution in [1.82, 2.24) is 0 Å². The second-order valence-electron chi connectivity index (χ2n) is 7.57. The van der Waals surface area contributed by atoms with Crippen molar-refractivity contribution in [3.63, 3.8) is 0 Å². The molecule has 3 N–H and O–H groups in total. The van der Waals surface area contributed by atoms with Crippen molar-refractivity contribution in [1.29, 1.82) is 0 Å². The SMILES string of the molecule is CC(C)(O)c1cc2ccccc2c(C(C)(C)O)c1C(C)(C)O. The second kappa shape index (κ2) is 5.05. The van der Waals surface area contributed by atoms with E-state index in [0.717, 1.165) is 10.8 Å². The fourth-order valence-corrected chi connectivity index (χ4v) is 3.10. The molecule has 0 fully saturated rings. The van der Waals surface area contributed by atoms with Crippen LogP contribution in [0.25, 0.3) is 10.8 Å². The van der Waals surface area contributed by atoms with Crippen LogP contribution < -0.4 is 0 Å². The van der Waals surface area contributed by atoms with Gasteiger partial charge in [0.15, 0.2) is 0 Å². The van der Waals surface area contributed by atoms with Crippen LogP contribution in [-0.4, -0.2) is 15.3 Å². The molecule has 0 radical (unpaired) electrons. The zero-order valence-electron chi connectivity index (χ0n) is 14.2. The number of hydrogen-bond acceptors (Lipinski definition) is 3. The van der Waals surface area contributed by atoms with E-state index in [9.17, 15) is 15.3 Å². The summed E-state index contributed by atoms with van der Waals surface area (Å²) in [5.41, 5.74) is -1.57. The first kappa shape index (κ1) is 16.9. The molecule has 2 aromatic rings. The Labute approximate surface area is 132 Å². The zero-order valence-corrected chi connectivity index (χ0v) is 14.2. The Kier molecular flexibility index (Phi) is 3.89. The van der Waals surface area contributed by atoms with Gasteiger partial charge < -0.3 is 15.3 Å². The van der Waals surface area contributed by atoms with E-state index in [4.69, 9.17) is 0 Å².